The highest BCUT2D eigenvalue weighted by Crippen LogP contribution is 2.20. The summed E-state index contributed by atoms with van der Waals surface area (Å²) in [7, 11) is 0. The minimum absolute atomic E-state index is 0.302. The van der Waals surface area contributed by atoms with Gasteiger partial charge in [0, 0.05) is 23.8 Å². The predicted molar refractivity (Wildman–Crippen MR) is 85.9 cm³/mol. The second-order valence-electron chi connectivity index (χ2n) is 4.23. The summed E-state index contributed by atoms with van der Waals surface area (Å²) in [5.41, 5.74) is 3.25. The second-order valence-corrected chi connectivity index (χ2v) is 4.67. The van der Waals surface area contributed by atoms with Gasteiger partial charge in [0.15, 0.2) is 0 Å². The molecule has 21 heavy (non-hydrogen) atoms. The molecule has 0 fully saturated rings. The molecule has 0 unspecified atom stereocenters. The van der Waals surface area contributed by atoms with Gasteiger partial charge in [-0.3, -0.25) is 5.43 Å². The third kappa shape index (κ3) is 3.93. The van der Waals surface area contributed by atoms with Crippen molar-refractivity contribution in [3.8, 4) is 0 Å². The van der Waals surface area contributed by atoms with E-state index < -0.39 is 0 Å². The molecule has 112 valence electrons. The van der Waals surface area contributed by atoms with Crippen LogP contribution in [0, 0.1) is 0 Å². The summed E-state index contributed by atoms with van der Waals surface area (Å²) in [5, 5.41) is 3.73. The van der Waals surface area contributed by atoms with Crippen LogP contribution in [-0.4, -0.2) is 28.0 Å². The number of benzene rings is 1. The number of halogens is 1. The van der Waals surface area contributed by atoms with E-state index in [0.717, 1.165) is 18.8 Å². The number of hydrazine groups is 1. The molecule has 1 heterocycles. The smallest absolute Gasteiger partial charge is 0.243 e. The van der Waals surface area contributed by atoms with E-state index in [4.69, 9.17) is 17.4 Å². The van der Waals surface area contributed by atoms with E-state index in [-0.39, 0.29) is 0 Å². The normalized spacial score (nSPS) is 10.3. The van der Waals surface area contributed by atoms with Gasteiger partial charge >= 0.3 is 0 Å². The predicted octanol–water partition coefficient (Wildman–Crippen LogP) is 2.40. The molecular formula is C13H18ClN7. The molecule has 2 aromatic rings. The zero-order valence-electron chi connectivity index (χ0n) is 12.0. The third-order valence-electron chi connectivity index (χ3n) is 2.88. The lowest BCUT2D eigenvalue weighted by atomic mass is 10.3. The van der Waals surface area contributed by atoms with Gasteiger partial charge in [-0.25, -0.2) is 5.84 Å². The van der Waals surface area contributed by atoms with Crippen molar-refractivity contribution in [1.29, 1.82) is 0 Å². The van der Waals surface area contributed by atoms with Gasteiger partial charge in [-0.15, -0.1) is 0 Å². The summed E-state index contributed by atoms with van der Waals surface area (Å²) in [6.45, 7) is 5.65. The van der Waals surface area contributed by atoms with E-state index >= 15 is 0 Å². The molecular weight excluding hydrogens is 290 g/mol. The lowest BCUT2D eigenvalue weighted by molar-refractivity contribution is 0.814. The molecule has 0 radical (unpaired) electrons. The monoisotopic (exact) mass is 307 g/mol. The maximum Gasteiger partial charge on any atom is 0.243 e. The first-order valence-corrected chi connectivity index (χ1v) is 7.04. The van der Waals surface area contributed by atoms with Crippen molar-refractivity contribution in [3.63, 3.8) is 0 Å². The molecule has 0 saturated carbocycles. The molecule has 1 aromatic carbocycles. The molecule has 7 nitrogen and oxygen atoms in total. The molecule has 1 aromatic heterocycles. The van der Waals surface area contributed by atoms with Crippen molar-refractivity contribution < 1.29 is 0 Å². The first-order chi connectivity index (χ1) is 10.2. The molecule has 0 aliphatic rings. The minimum atomic E-state index is 0.302. The molecule has 2 rings (SSSR count). The Morgan fingerprint density at radius 3 is 2.48 bits per heavy atom. The molecule has 4 N–H and O–H groups in total. The van der Waals surface area contributed by atoms with Crippen LogP contribution in [0.2, 0.25) is 5.02 Å². The molecule has 0 amide bonds. The van der Waals surface area contributed by atoms with Gasteiger partial charge < -0.3 is 10.2 Å². The van der Waals surface area contributed by atoms with Gasteiger partial charge in [-0.05, 0) is 32.0 Å². The number of nitrogens with one attached hydrogen (secondary N) is 2. The number of nitrogen functional groups attached to an aromatic ring is 1. The van der Waals surface area contributed by atoms with Crippen LogP contribution in [-0.2, 0) is 0 Å². The van der Waals surface area contributed by atoms with Crippen molar-refractivity contribution in [3.05, 3.63) is 29.3 Å². The lowest BCUT2D eigenvalue weighted by Gasteiger charge is -2.19. The average molecular weight is 308 g/mol. The number of aromatic nitrogens is 3. The molecule has 0 aliphatic carbocycles. The summed E-state index contributed by atoms with van der Waals surface area (Å²) in [6.07, 6.45) is 0. The number of nitrogens with two attached hydrogens (primary N) is 1. The largest absolute Gasteiger partial charge is 0.341 e. The fraction of sp³-hybridized carbons (Fsp3) is 0.308. The number of rotatable bonds is 6. The van der Waals surface area contributed by atoms with Crippen LogP contribution in [0.15, 0.2) is 24.3 Å². The summed E-state index contributed by atoms with van der Waals surface area (Å²) >= 11 is 5.96. The van der Waals surface area contributed by atoms with Gasteiger partial charge in [0.1, 0.15) is 0 Å². The van der Waals surface area contributed by atoms with Crippen LogP contribution in [0.1, 0.15) is 13.8 Å². The molecule has 8 heteroatoms. The van der Waals surface area contributed by atoms with Crippen LogP contribution < -0.4 is 21.5 Å². The van der Waals surface area contributed by atoms with Crippen molar-refractivity contribution >= 4 is 35.1 Å². The molecule has 0 atom stereocenters. The Morgan fingerprint density at radius 1 is 1.14 bits per heavy atom. The van der Waals surface area contributed by atoms with E-state index in [2.05, 4.69) is 25.7 Å². The summed E-state index contributed by atoms with van der Waals surface area (Å²) in [4.78, 5) is 14.9. The Balaban J connectivity index is 2.32. The highest BCUT2D eigenvalue weighted by molar-refractivity contribution is 6.30. The van der Waals surface area contributed by atoms with Crippen LogP contribution >= 0.6 is 11.6 Å². The maximum atomic E-state index is 5.96. The van der Waals surface area contributed by atoms with E-state index in [1.54, 1.807) is 12.1 Å². The maximum absolute atomic E-state index is 5.96. The fourth-order valence-corrected chi connectivity index (χ4v) is 2.02. The van der Waals surface area contributed by atoms with Crippen LogP contribution in [0.4, 0.5) is 23.5 Å². The van der Waals surface area contributed by atoms with E-state index in [1.807, 2.05) is 30.9 Å². The number of anilines is 4. The average Bonchev–Trinajstić information content (AvgIpc) is 2.48. The van der Waals surface area contributed by atoms with Gasteiger partial charge in [-0.1, -0.05) is 17.7 Å². The van der Waals surface area contributed by atoms with Gasteiger partial charge in [0.2, 0.25) is 17.8 Å². The van der Waals surface area contributed by atoms with E-state index in [1.165, 1.54) is 0 Å². The van der Waals surface area contributed by atoms with E-state index in [0.29, 0.717) is 22.9 Å². The van der Waals surface area contributed by atoms with Crippen molar-refractivity contribution in [2.24, 2.45) is 5.84 Å². The standard InChI is InChI=1S/C13H18ClN7/c1-3-21(4-2)13-18-11(17-12(19-13)20-15)16-10-7-5-6-9(14)8-10/h5-8H,3-4,15H2,1-2H3,(H2,16,17,18,19,20). The van der Waals surface area contributed by atoms with Gasteiger partial charge in [0.25, 0.3) is 0 Å². The minimum Gasteiger partial charge on any atom is -0.341 e. The molecule has 0 saturated heterocycles. The second kappa shape index (κ2) is 7.05. The molecule has 0 spiro atoms. The number of hydrogen-bond donors (Lipinski definition) is 3. The summed E-state index contributed by atoms with van der Waals surface area (Å²) in [5.74, 6) is 6.69. The number of nitrogens with zero attached hydrogens (tertiary/aromatic N) is 4. The quantitative estimate of drug-likeness (QED) is 0.557. The zero-order valence-corrected chi connectivity index (χ0v) is 12.7. The first-order valence-electron chi connectivity index (χ1n) is 6.66. The first kappa shape index (κ1) is 15.3. The fourth-order valence-electron chi connectivity index (χ4n) is 1.83. The Labute approximate surface area is 128 Å². The highest BCUT2D eigenvalue weighted by atomic mass is 35.5. The SMILES string of the molecule is CCN(CC)c1nc(NN)nc(Nc2cccc(Cl)c2)n1. The van der Waals surface area contributed by atoms with Crippen LogP contribution in [0.3, 0.4) is 0 Å². The summed E-state index contributed by atoms with van der Waals surface area (Å²) in [6, 6.07) is 7.31. The molecule has 0 aliphatic heterocycles. The van der Waals surface area contributed by atoms with Crippen molar-refractivity contribution in [1.82, 2.24) is 15.0 Å². The van der Waals surface area contributed by atoms with Crippen LogP contribution in [0.25, 0.3) is 0 Å². The third-order valence-corrected chi connectivity index (χ3v) is 3.11. The Hall–Kier alpha value is -2.12. The number of hydrogen-bond acceptors (Lipinski definition) is 7. The Morgan fingerprint density at radius 2 is 1.86 bits per heavy atom. The lowest BCUT2D eigenvalue weighted by Crippen LogP contribution is -2.25. The Kier molecular flexibility index (Phi) is 5.13. The molecule has 0 bridgehead atoms. The zero-order chi connectivity index (χ0) is 15.2. The highest BCUT2D eigenvalue weighted by Gasteiger charge is 2.11. The summed E-state index contributed by atoms with van der Waals surface area (Å²) < 4.78 is 0. The topological polar surface area (TPSA) is 92.0 Å². The van der Waals surface area contributed by atoms with Crippen molar-refractivity contribution in [2.45, 2.75) is 13.8 Å². The Bertz CT molecular complexity index is 601. The van der Waals surface area contributed by atoms with Gasteiger partial charge in [-0.2, -0.15) is 15.0 Å². The van der Waals surface area contributed by atoms with E-state index in [9.17, 15) is 0 Å². The van der Waals surface area contributed by atoms with Gasteiger partial charge in [0.05, 0.1) is 0 Å². The van der Waals surface area contributed by atoms with Crippen molar-refractivity contribution in [2.75, 3.05) is 28.7 Å². The van der Waals surface area contributed by atoms with Crippen LogP contribution in [0.5, 0.6) is 0 Å².